The number of ether oxygens (including phenoxy) is 2. The molecule has 0 fully saturated rings. The van der Waals surface area contributed by atoms with Gasteiger partial charge in [-0.05, 0) is 31.4 Å². The van der Waals surface area contributed by atoms with E-state index in [1.165, 1.54) is 13.8 Å². The first-order valence-electron chi connectivity index (χ1n) is 6.78. The van der Waals surface area contributed by atoms with Crippen LogP contribution in [0.5, 0.6) is 11.5 Å². The fraction of sp³-hybridized carbons (Fsp3) is 0.438. The van der Waals surface area contributed by atoms with Crippen LogP contribution in [-0.2, 0) is 17.6 Å². The molecule has 1 rings (SSSR count). The van der Waals surface area contributed by atoms with Gasteiger partial charge in [-0.1, -0.05) is 25.5 Å². The van der Waals surface area contributed by atoms with Gasteiger partial charge in [0.15, 0.2) is 17.8 Å². The van der Waals surface area contributed by atoms with Gasteiger partial charge in [0.1, 0.15) is 0 Å². The van der Waals surface area contributed by atoms with E-state index >= 15 is 0 Å². The number of esters is 1. The zero-order chi connectivity index (χ0) is 15.1. The van der Waals surface area contributed by atoms with E-state index in [-0.39, 0.29) is 0 Å². The molecular formula is C16H22O4. The van der Waals surface area contributed by atoms with Crippen LogP contribution < -0.4 is 9.47 Å². The van der Waals surface area contributed by atoms with Crippen LogP contribution in [0.25, 0.3) is 0 Å². The number of benzene rings is 1. The summed E-state index contributed by atoms with van der Waals surface area (Å²) in [6, 6.07) is 3.63. The minimum absolute atomic E-state index is 0.329. The van der Waals surface area contributed by atoms with Gasteiger partial charge in [-0.15, -0.1) is 6.58 Å². The minimum atomic E-state index is -0.982. The van der Waals surface area contributed by atoms with Crippen LogP contribution >= 0.6 is 0 Å². The SMILES string of the molecule is C=CCc1c(CCC)ccc(OC(C)=O)c1OC(C)O. The second kappa shape index (κ2) is 7.70. The summed E-state index contributed by atoms with van der Waals surface area (Å²) in [5.74, 6) is 0.324. The second-order valence-electron chi connectivity index (χ2n) is 4.58. The van der Waals surface area contributed by atoms with Crippen molar-refractivity contribution in [2.75, 3.05) is 0 Å². The van der Waals surface area contributed by atoms with Crippen LogP contribution in [-0.4, -0.2) is 17.4 Å². The molecule has 0 aromatic heterocycles. The van der Waals surface area contributed by atoms with E-state index < -0.39 is 12.3 Å². The molecule has 110 valence electrons. The zero-order valence-electron chi connectivity index (χ0n) is 12.3. The Labute approximate surface area is 120 Å². The number of hydrogen-bond acceptors (Lipinski definition) is 4. The second-order valence-corrected chi connectivity index (χ2v) is 4.58. The van der Waals surface area contributed by atoms with Crippen molar-refractivity contribution in [3.63, 3.8) is 0 Å². The van der Waals surface area contributed by atoms with Crippen molar-refractivity contribution in [2.45, 2.75) is 46.3 Å². The smallest absolute Gasteiger partial charge is 0.308 e. The van der Waals surface area contributed by atoms with Gasteiger partial charge < -0.3 is 14.6 Å². The first kappa shape index (κ1) is 16.2. The maximum atomic E-state index is 11.2. The summed E-state index contributed by atoms with van der Waals surface area (Å²) in [5.41, 5.74) is 2.01. The van der Waals surface area contributed by atoms with Crippen LogP contribution in [0.3, 0.4) is 0 Å². The molecule has 0 amide bonds. The number of allylic oxidation sites excluding steroid dienone is 1. The quantitative estimate of drug-likeness (QED) is 0.360. The molecule has 0 radical (unpaired) electrons. The Morgan fingerprint density at radius 2 is 2.20 bits per heavy atom. The van der Waals surface area contributed by atoms with Crippen LogP contribution in [0.1, 0.15) is 38.3 Å². The van der Waals surface area contributed by atoms with Crippen LogP contribution in [0.4, 0.5) is 0 Å². The van der Waals surface area contributed by atoms with Crippen molar-refractivity contribution < 1.29 is 19.4 Å². The molecule has 1 atom stereocenters. The van der Waals surface area contributed by atoms with Crippen LogP contribution in [0, 0.1) is 0 Å². The minimum Gasteiger partial charge on any atom is -0.461 e. The van der Waals surface area contributed by atoms with E-state index in [9.17, 15) is 9.90 Å². The van der Waals surface area contributed by atoms with E-state index in [4.69, 9.17) is 9.47 Å². The highest BCUT2D eigenvalue weighted by atomic mass is 16.6. The van der Waals surface area contributed by atoms with Crippen molar-refractivity contribution in [1.82, 2.24) is 0 Å². The lowest BCUT2D eigenvalue weighted by molar-refractivity contribution is -0.132. The molecule has 1 aromatic rings. The maximum Gasteiger partial charge on any atom is 0.308 e. The van der Waals surface area contributed by atoms with E-state index in [1.807, 2.05) is 6.07 Å². The van der Waals surface area contributed by atoms with Crippen LogP contribution in [0.2, 0.25) is 0 Å². The Bertz CT molecular complexity index is 478. The summed E-state index contributed by atoms with van der Waals surface area (Å²) < 4.78 is 10.6. The summed E-state index contributed by atoms with van der Waals surface area (Å²) in [4.78, 5) is 11.2. The summed E-state index contributed by atoms with van der Waals surface area (Å²) in [6.45, 7) is 8.68. The van der Waals surface area contributed by atoms with Gasteiger partial charge in [-0.25, -0.2) is 0 Å². The van der Waals surface area contributed by atoms with Gasteiger partial charge in [0, 0.05) is 12.5 Å². The lowest BCUT2D eigenvalue weighted by Gasteiger charge is -2.19. The highest BCUT2D eigenvalue weighted by Crippen LogP contribution is 2.36. The molecular weight excluding hydrogens is 256 g/mol. The topological polar surface area (TPSA) is 55.8 Å². The van der Waals surface area contributed by atoms with Gasteiger partial charge in [0.05, 0.1) is 0 Å². The number of hydrogen-bond donors (Lipinski definition) is 1. The molecule has 4 nitrogen and oxygen atoms in total. The maximum absolute atomic E-state index is 11.2. The molecule has 4 heteroatoms. The van der Waals surface area contributed by atoms with Gasteiger partial charge in [0.25, 0.3) is 0 Å². The van der Waals surface area contributed by atoms with Crippen molar-refractivity contribution in [2.24, 2.45) is 0 Å². The molecule has 1 aromatic carbocycles. The number of aliphatic hydroxyl groups is 1. The molecule has 0 saturated heterocycles. The number of carbonyl (C=O) groups is 1. The Kier molecular flexibility index (Phi) is 6.25. The number of aryl methyl sites for hydroxylation is 1. The third kappa shape index (κ3) is 4.38. The number of aliphatic hydroxyl groups excluding tert-OH is 1. The fourth-order valence-electron chi connectivity index (χ4n) is 2.05. The Hall–Kier alpha value is -1.81. The normalized spacial score (nSPS) is 11.8. The third-order valence-corrected chi connectivity index (χ3v) is 2.73. The molecule has 0 bridgehead atoms. The van der Waals surface area contributed by atoms with Gasteiger partial charge in [0.2, 0.25) is 0 Å². The molecule has 0 saturated carbocycles. The van der Waals surface area contributed by atoms with Crippen molar-refractivity contribution in [3.8, 4) is 11.5 Å². The molecule has 0 aliphatic carbocycles. The average Bonchev–Trinajstić information content (AvgIpc) is 2.35. The monoisotopic (exact) mass is 278 g/mol. The lowest BCUT2D eigenvalue weighted by Crippen LogP contribution is -2.14. The summed E-state index contributed by atoms with van der Waals surface area (Å²) in [7, 11) is 0. The largest absolute Gasteiger partial charge is 0.461 e. The predicted octanol–water partition coefficient (Wildman–Crippen LogP) is 3.01. The molecule has 0 heterocycles. The van der Waals surface area contributed by atoms with E-state index in [0.29, 0.717) is 17.9 Å². The standard InChI is InChI=1S/C16H22O4/c1-5-7-13-9-10-15(19-11(3)17)16(20-12(4)18)14(13)8-6-2/h6,9-10,12,18H,2,5,7-8H2,1,3-4H3. The van der Waals surface area contributed by atoms with E-state index in [0.717, 1.165) is 24.0 Å². The molecule has 0 spiro atoms. The van der Waals surface area contributed by atoms with E-state index in [2.05, 4.69) is 13.5 Å². The first-order chi connectivity index (χ1) is 9.49. The average molecular weight is 278 g/mol. The van der Waals surface area contributed by atoms with Crippen molar-refractivity contribution in [1.29, 1.82) is 0 Å². The number of rotatable bonds is 7. The third-order valence-electron chi connectivity index (χ3n) is 2.73. The molecule has 0 aliphatic rings. The Balaban J connectivity index is 3.34. The van der Waals surface area contributed by atoms with E-state index in [1.54, 1.807) is 12.1 Å². The van der Waals surface area contributed by atoms with Crippen molar-refractivity contribution >= 4 is 5.97 Å². The summed E-state index contributed by atoms with van der Waals surface area (Å²) in [6.07, 6.45) is 3.25. The first-order valence-corrected chi connectivity index (χ1v) is 6.78. The van der Waals surface area contributed by atoms with Crippen LogP contribution in [0.15, 0.2) is 24.8 Å². The highest BCUT2D eigenvalue weighted by molar-refractivity contribution is 5.71. The summed E-state index contributed by atoms with van der Waals surface area (Å²) in [5, 5.41) is 9.49. The fourth-order valence-corrected chi connectivity index (χ4v) is 2.05. The Morgan fingerprint density at radius 1 is 1.50 bits per heavy atom. The zero-order valence-corrected chi connectivity index (χ0v) is 12.3. The lowest BCUT2D eigenvalue weighted by atomic mass is 9.99. The van der Waals surface area contributed by atoms with Crippen molar-refractivity contribution in [3.05, 3.63) is 35.9 Å². The van der Waals surface area contributed by atoms with Gasteiger partial charge in [-0.2, -0.15) is 0 Å². The molecule has 20 heavy (non-hydrogen) atoms. The van der Waals surface area contributed by atoms with Gasteiger partial charge in [-0.3, -0.25) is 4.79 Å². The Morgan fingerprint density at radius 3 is 2.70 bits per heavy atom. The molecule has 1 unspecified atom stereocenters. The molecule has 1 N–H and O–H groups in total. The van der Waals surface area contributed by atoms with Gasteiger partial charge >= 0.3 is 5.97 Å². The number of carbonyl (C=O) groups excluding carboxylic acids is 1. The molecule has 0 aliphatic heterocycles. The highest BCUT2D eigenvalue weighted by Gasteiger charge is 2.17. The summed E-state index contributed by atoms with van der Waals surface area (Å²) >= 11 is 0. The predicted molar refractivity (Wildman–Crippen MR) is 78.0 cm³/mol.